The van der Waals surface area contributed by atoms with Gasteiger partial charge in [-0.05, 0) is 35.9 Å². The molecule has 1 aromatic carbocycles. The van der Waals surface area contributed by atoms with Crippen LogP contribution in [-0.4, -0.2) is 56.8 Å². The number of fused-ring (bicyclic) bond motifs is 1. The summed E-state index contributed by atoms with van der Waals surface area (Å²) in [6, 6.07) is 16.7. The highest BCUT2D eigenvalue weighted by atomic mass is 32.2. The van der Waals surface area contributed by atoms with Gasteiger partial charge in [0, 0.05) is 49.1 Å². The molecule has 3 heterocycles. The lowest BCUT2D eigenvalue weighted by Gasteiger charge is -2.34. The van der Waals surface area contributed by atoms with E-state index in [9.17, 15) is 4.79 Å². The van der Waals surface area contributed by atoms with Crippen molar-refractivity contribution in [3.63, 3.8) is 0 Å². The summed E-state index contributed by atoms with van der Waals surface area (Å²) < 4.78 is 1.92. The minimum Gasteiger partial charge on any atom is -0.340 e. The average Bonchev–Trinajstić information content (AvgIpc) is 3.12. The number of carbonyl (C=O) groups excluding carboxylic acids is 1. The number of nitrogens with zero attached hydrogens (tertiary/aromatic N) is 4. The third-order valence-corrected chi connectivity index (χ3v) is 6.20. The van der Waals surface area contributed by atoms with E-state index in [0.717, 1.165) is 49.5 Å². The van der Waals surface area contributed by atoms with Gasteiger partial charge in [0.2, 0.25) is 5.91 Å². The lowest BCUT2D eigenvalue weighted by atomic mass is 10.1. The Hall–Kier alpha value is -2.31. The SMILES string of the molecule is CC(C)Sc1ccc(CC(=O)N2CCN(Cc3cc4ccccn4n3)CC2)cc1. The van der Waals surface area contributed by atoms with Gasteiger partial charge in [-0.25, -0.2) is 4.52 Å². The van der Waals surface area contributed by atoms with Crippen LogP contribution in [0.5, 0.6) is 0 Å². The van der Waals surface area contributed by atoms with Crippen LogP contribution in [0.25, 0.3) is 5.52 Å². The van der Waals surface area contributed by atoms with Crippen LogP contribution in [0.15, 0.2) is 59.6 Å². The Kier molecular flexibility index (Phi) is 6.21. The van der Waals surface area contributed by atoms with E-state index in [2.05, 4.69) is 60.2 Å². The number of pyridine rings is 1. The van der Waals surface area contributed by atoms with Crippen molar-refractivity contribution >= 4 is 23.2 Å². The molecular weight excluding hydrogens is 380 g/mol. The van der Waals surface area contributed by atoms with Crippen LogP contribution in [0, 0.1) is 0 Å². The maximum Gasteiger partial charge on any atom is 0.227 e. The molecule has 2 aromatic heterocycles. The second-order valence-electron chi connectivity index (χ2n) is 7.85. The minimum atomic E-state index is 0.224. The van der Waals surface area contributed by atoms with Gasteiger partial charge in [-0.15, -0.1) is 11.8 Å². The molecule has 1 saturated heterocycles. The zero-order chi connectivity index (χ0) is 20.2. The van der Waals surface area contributed by atoms with Gasteiger partial charge < -0.3 is 4.90 Å². The molecule has 1 aliphatic rings. The lowest BCUT2D eigenvalue weighted by molar-refractivity contribution is -0.132. The van der Waals surface area contributed by atoms with Gasteiger partial charge >= 0.3 is 0 Å². The number of benzene rings is 1. The summed E-state index contributed by atoms with van der Waals surface area (Å²) in [5, 5.41) is 5.20. The predicted molar refractivity (Wildman–Crippen MR) is 118 cm³/mol. The van der Waals surface area contributed by atoms with Crippen molar-refractivity contribution < 1.29 is 4.79 Å². The van der Waals surface area contributed by atoms with Crippen molar-refractivity contribution in [1.29, 1.82) is 0 Å². The fourth-order valence-corrected chi connectivity index (χ4v) is 4.53. The van der Waals surface area contributed by atoms with Gasteiger partial charge in [0.25, 0.3) is 0 Å². The Bertz CT molecular complexity index is 925. The Morgan fingerprint density at radius 1 is 1.07 bits per heavy atom. The van der Waals surface area contributed by atoms with Crippen molar-refractivity contribution in [2.45, 2.75) is 37.0 Å². The topological polar surface area (TPSA) is 40.9 Å². The molecule has 0 saturated carbocycles. The number of thioether (sulfide) groups is 1. The Balaban J connectivity index is 1.27. The largest absolute Gasteiger partial charge is 0.340 e. The smallest absolute Gasteiger partial charge is 0.227 e. The molecule has 1 aliphatic heterocycles. The van der Waals surface area contributed by atoms with Crippen LogP contribution in [0.4, 0.5) is 0 Å². The lowest BCUT2D eigenvalue weighted by Crippen LogP contribution is -2.48. The summed E-state index contributed by atoms with van der Waals surface area (Å²) in [6.45, 7) is 8.57. The van der Waals surface area contributed by atoms with E-state index in [1.54, 1.807) is 0 Å². The molecule has 4 rings (SSSR count). The average molecular weight is 409 g/mol. The van der Waals surface area contributed by atoms with Gasteiger partial charge in [0.05, 0.1) is 17.6 Å². The monoisotopic (exact) mass is 408 g/mol. The zero-order valence-corrected chi connectivity index (χ0v) is 17.9. The number of amides is 1. The summed E-state index contributed by atoms with van der Waals surface area (Å²) >= 11 is 1.85. The van der Waals surface area contributed by atoms with Crippen LogP contribution < -0.4 is 0 Å². The normalized spacial score (nSPS) is 15.3. The standard InChI is InChI=1S/C23H28N4OS/c1-18(2)29-22-8-6-19(7-9-22)15-23(28)26-13-11-25(12-14-26)17-20-16-21-5-3-4-10-27(21)24-20/h3-10,16,18H,11-15,17H2,1-2H3. The van der Waals surface area contributed by atoms with Crippen molar-refractivity contribution in [3.8, 4) is 0 Å². The first-order chi connectivity index (χ1) is 14.1. The summed E-state index contributed by atoms with van der Waals surface area (Å²) in [5.41, 5.74) is 3.29. The molecule has 0 aliphatic carbocycles. The Morgan fingerprint density at radius 3 is 2.52 bits per heavy atom. The molecule has 5 nitrogen and oxygen atoms in total. The van der Waals surface area contributed by atoms with Crippen LogP contribution in [0.3, 0.4) is 0 Å². The molecule has 1 fully saturated rings. The number of piperazine rings is 1. The van der Waals surface area contributed by atoms with E-state index >= 15 is 0 Å². The van der Waals surface area contributed by atoms with Crippen molar-refractivity contribution in [2.75, 3.05) is 26.2 Å². The molecule has 0 spiro atoms. The maximum absolute atomic E-state index is 12.7. The summed E-state index contributed by atoms with van der Waals surface area (Å²) in [4.78, 5) is 18.3. The van der Waals surface area contributed by atoms with Gasteiger partial charge in [-0.3, -0.25) is 9.69 Å². The quantitative estimate of drug-likeness (QED) is 0.583. The number of hydrogen-bond acceptors (Lipinski definition) is 4. The molecule has 0 radical (unpaired) electrons. The zero-order valence-electron chi connectivity index (χ0n) is 17.1. The predicted octanol–water partition coefficient (Wildman–Crippen LogP) is 3.72. The molecule has 6 heteroatoms. The van der Waals surface area contributed by atoms with E-state index < -0.39 is 0 Å². The molecule has 0 unspecified atom stereocenters. The van der Waals surface area contributed by atoms with Crippen LogP contribution in [0.1, 0.15) is 25.1 Å². The molecule has 0 atom stereocenters. The summed E-state index contributed by atoms with van der Waals surface area (Å²) in [6.07, 6.45) is 2.46. The van der Waals surface area contributed by atoms with Crippen LogP contribution in [0.2, 0.25) is 0 Å². The molecular formula is C23H28N4OS. The molecule has 1 amide bonds. The third-order valence-electron chi connectivity index (χ3n) is 5.18. The Labute approximate surface area is 176 Å². The third kappa shape index (κ3) is 5.19. The fraction of sp³-hybridized carbons (Fsp3) is 0.391. The second kappa shape index (κ2) is 9.01. The molecule has 152 valence electrons. The maximum atomic E-state index is 12.7. The molecule has 3 aromatic rings. The van der Waals surface area contributed by atoms with Crippen molar-refractivity contribution in [3.05, 3.63) is 66.0 Å². The van der Waals surface area contributed by atoms with E-state index in [4.69, 9.17) is 0 Å². The van der Waals surface area contributed by atoms with E-state index in [0.29, 0.717) is 11.7 Å². The summed E-state index contributed by atoms with van der Waals surface area (Å²) in [7, 11) is 0. The molecule has 0 N–H and O–H groups in total. The van der Waals surface area contributed by atoms with E-state index in [1.165, 1.54) is 4.90 Å². The van der Waals surface area contributed by atoms with Crippen molar-refractivity contribution in [1.82, 2.24) is 19.4 Å². The minimum absolute atomic E-state index is 0.224. The van der Waals surface area contributed by atoms with Gasteiger partial charge in [-0.1, -0.05) is 32.0 Å². The van der Waals surface area contributed by atoms with Gasteiger partial charge in [-0.2, -0.15) is 5.10 Å². The number of aromatic nitrogens is 2. The highest BCUT2D eigenvalue weighted by molar-refractivity contribution is 7.99. The summed E-state index contributed by atoms with van der Waals surface area (Å²) in [5.74, 6) is 0.224. The van der Waals surface area contributed by atoms with Crippen molar-refractivity contribution in [2.24, 2.45) is 0 Å². The Morgan fingerprint density at radius 2 is 1.83 bits per heavy atom. The highest BCUT2D eigenvalue weighted by Crippen LogP contribution is 2.23. The molecule has 29 heavy (non-hydrogen) atoms. The first kappa shape index (κ1) is 20.0. The second-order valence-corrected chi connectivity index (χ2v) is 9.50. The highest BCUT2D eigenvalue weighted by Gasteiger charge is 2.21. The molecule has 0 bridgehead atoms. The van der Waals surface area contributed by atoms with Crippen LogP contribution in [-0.2, 0) is 17.8 Å². The van der Waals surface area contributed by atoms with E-state index in [1.807, 2.05) is 39.5 Å². The van der Waals surface area contributed by atoms with Gasteiger partial charge in [0.15, 0.2) is 0 Å². The first-order valence-electron chi connectivity index (χ1n) is 10.3. The number of rotatable bonds is 6. The number of carbonyl (C=O) groups is 1. The van der Waals surface area contributed by atoms with E-state index in [-0.39, 0.29) is 5.91 Å². The van der Waals surface area contributed by atoms with Gasteiger partial charge in [0.1, 0.15) is 0 Å². The fourth-order valence-electron chi connectivity index (χ4n) is 3.70. The first-order valence-corrected chi connectivity index (χ1v) is 11.1. The number of hydrogen-bond donors (Lipinski definition) is 0. The van der Waals surface area contributed by atoms with Crippen LogP contribution >= 0.6 is 11.8 Å².